The number of hydrogen-bond acceptors (Lipinski definition) is 0. The quantitative estimate of drug-likeness (QED) is 0.578. The molecule has 1 atom stereocenters. The molecule has 0 amide bonds. The lowest BCUT2D eigenvalue weighted by molar-refractivity contribution is 0.666. The van der Waals surface area contributed by atoms with E-state index in [1.807, 2.05) is 0 Å². The van der Waals surface area contributed by atoms with Gasteiger partial charge in [-0.05, 0) is 59.9 Å². The summed E-state index contributed by atoms with van der Waals surface area (Å²) < 4.78 is 0. The Bertz CT molecular complexity index is 789. The van der Waals surface area contributed by atoms with E-state index >= 15 is 0 Å². The second kappa shape index (κ2) is 5.28. The first-order valence-corrected chi connectivity index (χ1v) is 8.28. The van der Waals surface area contributed by atoms with E-state index in [4.69, 9.17) is 0 Å². The zero-order valence-corrected chi connectivity index (χ0v) is 13.4. The Hall–Kier alpha value is -2.08. The molecule has 0 aromatic heterocycles. The van der Waals surface area contributed by atoms with Gasteiger partial charge in [0.25, 0.3) is 0 Å². The maximum Gasteiger partial charge on any atom is -0.00134 e. The average molecular weight is 286 g/mol. The van der Waals surface area contributed by atoms with Crippen molar-refractivity contribution in [2.24, 2.45) is 5.92 Å². The average Bonchev–Trinajstić information content (AvgIpc) is 3.10. The molecular weight excluding hydrogens is 264 g/mol. The van der Waals surface area contributed by atoms with Crippen LogP contribution >= 0.6 is 0 Å². The van der Waals surface area contributed by atoms with Crippen LogP contribution in [0.2, 0.25) is 0 Å². The highest BCUT2D eigenvalue weighted by Gasteiger charge is 2.19. The summed E-state index contributed by atoms with van der Waals surface area (Å²) in [4.78, 5) is 0. The highest BCUT2D eigenvalue weighted by atomic mass is 14.2. The summed E-state index contributed by atoms with van der Waals surface area (Å²) in [6.07, 6.45) is 8.09. The zero-order chi connectivity index (χ0) is 15.1. The highest BCUT2D eigenvalue weighted by molar-refractivity contribution is 5.76. The fourth-order valence-corrected chi connectivity index (χ4v) is 3.84. The van der Waals surface area contributed by atoms with Gasteiger partial charge in [-0.2, -0.15) is 0 Å². The van der Waals surface area contributed by atoms with Crippen LogP contribution in [0.3, 0.4) is 0 Å². The first-order valence-electron chi connectivity index (χ1n) is 8.28. The third kappa shape index (κ3) is 2.33. The van der Waals surface area contributed by atoms with E-state index in [1.54, 1.807) is 5.57 Å². The topological polar surface area (TPSA) is 0 Å². The molecule has 110 valence electrons. The van der Waals surface area contributed by atoms with Crippen LogP contribution in [-0.4, -0.2) is 0 Å². The van der Waals surface area contributed by atoms with Crippen LogP contribution in [0.1, 0.15) is 37.0 Å². The summed E-state index contributed by atoms with van der Waals surface area (Å²) in [6.45, 7) is 4.56. The van der Waals surface area contributed by atoms with Crippen LogP contribution in [0.4, 0.5) is 0 Å². The Morgan fingerprint density at radius 3 is 2.64 bits per heavy atom. The van der Waals surface area contributed by atoms with Crippen molar-refractivity contribution in [1.82, 2.24) is 0 Å². The van der Waals surface area contributed by atoms with Gasteiger partial charge in [-0.3, -0.25) is 0 Å². The molecule has 0 fully saturated rings. The van der Waals surface area contributed by atoms with E-state index < -0.39 is 0 Å². The van der Waals surface area contributed by atoms with Crippen molar-refractivity contribution < 1.29 is 0 Å². The molecule has 1 unspecified atom stereocenters. The van der Waals surface area contributed by atoms with E-state index in [9.17, 15) is 0 Å². The van der Waals surface area contributed by atoms with Crippen molar-refractivity contribution in [2.75, 3.05) is 0 Å². The van der Waals surface area contributed by atoms with Gasteiger partial charge in [-0.1, -0.05) is 72.7 Å². The number of fused-ring (bicyclic) bond motifs is 3. The molecule has 0 saturated carbocycles. The number of allylic oxidation sites excluding steroid dienone is 4. The Kier molecular flexibility index (Phi) is 3.26. The first-order chi connectivity index (χ1) is 10.7. The summed E-state index contributed by atoms with van der Waals surface area (Å²) in [7, 11) is 0. The van der Waals surface area contributed by atoms with Gasteiger partial charge in [0.05, 0.1) is 0 Å². The molecule has 2 aromatic rings. The van der Waals surface area contributed by atoms with Gasteiger partial charge >= 0.3 is 0 Å². The van der Waals surface area contributed by atoms with Crippen LogP contribution < -0.4 is 0 Å². The number of hydrogen-bond donors (Lipinski definition) is 0. The van der Waals surface area contributed by atoms with Crippen molar-refractivity contribution >= 4 is 0 Å². The molecule has 2 aromatic carbocycles. The van der Waals surface area contributed by atoms with Crippen LogP contribution in [0.5, 0.6) is 0 Å². The smallest absolute Gasteiger partial charge is 0.00134 e. The zero-order valence-electron chi connectivity index (χ0n) is 13.4. The SMILES string of the molecule is CC1=CCC(C(C)Cc2ccc3c(c2)Cc2ccccc2-3)=C1. The molecular formula is C22H22. The van der Waals surface area contributed by atoms with Gasteiger partial charge in [0, 0.05) is 0 Å². The molecule has 2 aliphatic carbocycles. The maximum absolute atomic E-state index is 2.43. The van der Waals surface area contributed by atoms with Crippen molar-refractivity contribution in [3.8, 4) is 11.1 Å². The number of benzene rings is 2. The van der Waals surface area contributed by atoms with Crippen molar-refractivity contribution in [2.45, 2.75) is 33.1 Å². The summed E-state index contributed by atoms with van der Waals surface area (Å²) in [5, 5.41) is 0. The minimum Gasteiger partial charge on any atom is -0.0775 e. The van der Waals surface area contributed by atoms with E-state index in [2.05, 4.69) is 68.5 Å². The van der Waals surface area contributed by atoms with Crippen LogP contribution in [0.25, 0.3) is 11.1 Å². The molecule has 0 radical (unpaired) electrons. The molecule has 0 nitrogen and oxygen atoms in total. The Morgan fingerprint density at radius 1 is 1.00 bits per heavy atom. The van der Waals surface area contributed by atoms with Gasteiger partial charge in [0.15, 0.2) is 0 Å². The van der Waals surface area contributed by atoms with Gasteiger partial charge < -0.3 is 0 Å². The fraction of sp³-hybridized carbons (Fsp3) is 0.273. The van der Waals surface area contributed by atoms with E-state index in [1.165, 1.54) is 33.4 Å². The lowest BCUT2D eigenvalue weighted by Crippen LogP contribution is -2.02. The van der Waals surface area contributed by atoms with Crippen LogP contribution in [0.15, 0.2) is 65.8 Å². The summed E-state index contributed by atoms with van der Waals surface area (Å²) in [5.41, 5.74) is 10.3. The van der Waals surface area contributed by atoms with Gasteiger partial charge in [0.1, 0.15) is 0 Å². The summed E-state index contributed by atoms with van der Waals surface area (Å²) in [5.74, 6) is 0.635. The predicted octanol–water partition coefficient (Wildman–Crippen LogP) is 5.71. The molecule has 0 spiro atoms. The number of rotatable bonds is 3. The third-order valence-corrected chi connectivity index (χ3v) is 5.11. The van der Waals surface area contributed by atoms with Gasteiger partial charge in [-0.15, -0.1) is 0 Å². The van der Waals surface area contributed by atoms with Crippen molar-refractivity contribution in [3.05, 3.63) is 82.5 Å². The lowest BCUT2D eigenvalue weighted by Gasteiger charge is -2.14. The molecule has 0 saturated heterocycles. The maximum atomic E-state index is 2.43. The molecule has 0 heterocycles. The lowest BCUT2D eigenvalue weighted by atomic mass is 9.91. The molecule has 0 heteroatoms. The van der Waals surface area contributed by atoms with E-state index in [0.717, 1.165) is 19.3 Å². The minimum atomic E-state index is 0.635. The Balaban J connectivity index is 1.56. The highest BCUT2D eigenvalue weighted by Crippen LogP contribution is 2.37. The Labute approximate surface area is 133 Å². The molecule has 0 N–H and O–H groups in total. The van der Waals surface area contributed by atoms with Crippen LogP contribution in [0, 0.1) is 5.92 Å². The van der Waals surface area contributed by atoms with Gasteiger partial charge in [-0.25, -0.2) is 0 Å². The minimum absolute atomic E-state index is 0.635. The van der Waals surface area contributed by atoms with E-state index in [0.29, 0.717) is 5.92 Å². The Morgan fingerprint density at radius 2 is 1.82 bits per heavy atom. The molecule has 2 aliphatic rings. The third-order valence-electron chi connectivity index (χ3n) is 5.11. The van der Waals surface area contributed by atoms with E-state index in [-0.39, 0.29) is 0 Å². The second-order valence-corrected chi connectivity index (χ2v) is 6.80. The fourth-order valence-electron chi connectivity index (χ4n) is 3.84. The van der Waals surface area contributed by atoms with Gasteiger partial charge in [0.2, 0.25) is 0 Å². The largest absolute Gasteiger partial charge is 0.0775 e. The first kappa shape index (κ1) is 13.6. The molecule has 0 bridgehead atoms. The molecule has 0 aliphatic heterocycles. The van der Waals surface area contributed by atoms with Crippen molar-refractivity contribution in [3.63, 3.8) is 0 Å². The molecule has 22 heavy (non-hydrogen) atoms. The van der Waals surface area contributed by atoms with Crippen LogP contribution in [-0.2, 0) is 12.8 Å². The summed E-state index contributed by atoms with van der Waals surface area (Å²) >= 11 is 0. The van der Waals surface area contributed by atoms with Crippen molar-refractivity contribution in [1.29, 1.82) is 0 Å². The monoisotopic (exact) mass is 286 g/mol. The normalized spacial score (nSPS) is 16.8. The summed E-state index contributed by atoms with van der Waals surface area (Å²) in [6, 6.07) is 15.9. The molecule has 4 rings (SSSR count). The second-order valence-electron chi connectivity index (χ2n) is 6.80. The predicted molar refractivity (Wildman–Crippen MR) is 94.0 cm³/mol. The standard InChI is InChI=1S/C22H22/c1-15-7-9-18(11-15)16(2)12-17-8-10-22-20(13-17)14-19-5-3-4-6-21(19)22/h3-8,10-11,13,16H,9,12,14H2,1-2H3.